The third-order valence-corrected chi connectivity index (χ3v) is 15.3. The molecule has 1 aromatic heterocycles. The van der Waals surface area contributed by atoms with Crippen molar-refractivity contribution in [3.8, 4) is 5.75 Å². The first-order valence-corrected chi connectivity index (χ1v) is 25.3. The Morgan fingerprint density at radius 1 is 0.986 bits per heavy atom. The third-order valence-electron chi connectivity index (χ3n) is 15.3. The van der Waals surface area contributed by atoms with Gasteiger partial charge in [-0.25, -0.2) is 0 Å². The van der Waals surface area contributed by atoms with Crippen LogP contribution in [0, 0.1) is 27.9 Å². The molecular weight excluding hydrogens is 925 g/mol. The lowest BCUT2D eigenvalue weighted by atomic mass is 9.77. The number of non-ortho nitro benzene ring substituents is 1. The maximum atomic E-state index is 14.5. The zero-order chi connectivity index (χ0) is 52.7. The lowest BCUT2D eigenvalue weighted by Crippen LogP contribution is -2.61. The smallest absolute Gasteiger partial charge is 0.311 e. The number of carbonyl (C=O) groups excluding carboxylic acids is 1. The summed E-state index contributed by atoms with van der Waals surface area (Å²) in [6.45, 7) is 19.3. The van der Waals surface area contributed by atoms with Crippen LogP contribution in [0.2, 0.25) is 0 Å². The van der Waals surface area contributed by atoms with Crippen molar-refractivity contribution < 1.29 is 68.4 Å². The predicted molar refractivity (Wildman–Crippen MR) is 260 cm³/mol. The number of aromatic nitrogens is 3. The molecule has 5 N–H and O–H groups in total. The zero-order valence-corrected chi connectivity index (χ0v) is 44.1. The van der Waals surface area contributed by atoms with Gasteiger partial charge in [0.25, 0.3) is 5.69 Å². The summed E-state index contributed by atoms with van der Waals surface area (Å²) in [6.07, 6.45) is -6.18. The maximum absolute atomic E-state index is 14.5. The van der Waals surface area contributed by atoms with Crippen molar-refractivity contribution in [3.63, 3.8) is 0 Å². The minimum absolute atomic E-state index is 0.00559. The Morgan fingerprint density at radius 2 is 1.66 bits per heavy atom. The second-order valence-corrected chi connectivity index (χ2v) is 21.4. The van der Waals surface area contributed by atoms with Gasteiger partial charge in [-0.2, -0.15) is 0 Å². The molecule has 0 bridgehead atoms. The number of methoxy groups -OCH3 is 1. The lowest BCUT2D eigenvalue weighted by Gasteiger charge is -2.49. The molecule has 0 spiro atoms. The number of hydrogen-bond donors (Lipinski definition) is 5. The van der Waals surface area contributed by atoms with E-state index in [2.05, 4.69) is 10.3 Å². The molecule has 0 unspecified atom stereocenters. The molecule has 3 aliphatic heterocycles. The number of nitro groups is 1. The zero-order valence-electron chi connectivity index (χ0n) is 44.1. The molecule has 18 atom stereocenters. The number of ether oxygens (including phenoxy) is 7. The van der Waals surface area contributed by atoms with E-state index in [-0.39, 0.29) is 37.0 Å². The molecule has 5 rings (SSSR count). The van der Waals surface area contributed by atoms with Gasteiger partial charge in [0.1, 0.15) is 35.8 Å². The molecule has 404 valence electrons. The van der Waals surface area contributed by atoms with Gasteiger partial charge in [0, 0.05) is 82.3 Å². The molecule has 0 aliphatic carbocycles. The highest BCUT2D eigenvalue weighted by Crippen LogP contribution is 2.40. The van der Waals surface area contributed by atoms with Gasteiger partial charge in [-0.05, 0) is 99.9 Å². The predicted octanol–water partition coefficient (Wildman–Crippen LogP) is 3.48. The number of aliphatic hydroxyl groups is 5. The molecule has 3 saturated heterocycles. The standard InChI is InChI=1S/C50H84N6O15/c1-14-39-50(10,62)43(58)33(6)54(12)27-29(2)25-48(8,61)45(31(4)42(32(5)46(60)69-39)70-40-26-49(9,65-13)44(59)34(7)68-40)71-47-41(57)38(24-30(3)67-47)53(11)22-20-35-28-55(52-51-35)21-15-23-66-37-18-16-36(17-19-37)56(63)64/h16-19,28-34,38-45,47,57-59,61-62H,14-15,20-27H2,1-13H3/t29-,30-,31+,32-,33-,34+,38+,39-,40+,41-,42+,43-,44+,45-,47+,48-,49-,50-/m1/s1. The fourth-order valence-electron chi connectivity index (χ4n) is 10.8. The molecule has 4 heterocycles. The summed E-state index contributed by atoms with van der Waals surface area (Å²) < 4.78 is 45.7. The average Bonchev–Trinajstić information content (AvgIpc) is 3.78. The number of aryl methyl sites for hydroxylation is 1. The summed E-state index contributed by atoms with van der Waals surface area (Å²) in [4.78, 5) is 28.9. The molecule has 0 radical (unpaired) electrons. The second-order valence-electron chi connectivity index (χ2n) is 21.4. The number of cyclic esters (lactones) is 1. The Kier molecular flexibility index (Phi) is 20.3. The van der Waals surface area contributed by atoms with Crippen molar-refractivity contribution in [1.29, 1.82) is 0 Å². The van der Waals surface area contributed by atoms with Crippen LogP contribution in [0.25, 0.3) is 0 Å². The Labute approximate surface area is 419 Å². The summed E-state index contributed by atoms with van der Waals surface area (Å²) in [7, 11) is 5.24. The normalized spacial score (nSPS) is 39.4. The molecule has 1 aromatic carbocycles. The van der Waals surface area contributed by atoms with E-state index in [0.717, 1.165) is 5.69 Å². The van der Waals surface area contributed by atoms with Crippen LogP contribution >= 0.6 is 0 Å². The van der Waals surface area contributed by atoms with Crippen LogP contribution in [0.5, 0.6) is 5.75 Å². The molecule has 21 heteroatoms. The molecule has 3 aliphatic rings. The van der Waals surface area contributed by atoms with E-state index in [1.54, 1.807) is 65.3 Å². The van der Waals surface area contributed by atoms with Crippen LogP contribution in [0.4, 0.5) is 5.69 Å². The summed E-state index contributed by atoms with van der Waals surface area (Å²) in [5.74, 6) is -2.28. The van der Waals surface area contributed by atoms with E-state index < -0.39 is 107 Å². The van der Waals surface area contributed by atoms with Gasteiger partial charge in [-0.3, -0.25) is 19.6 Å². The van der Waals surface area contributed by atoms with Crippen LogP contribution in [0.15, 0.2) is 30.5 Å². The SMILES string of the molecule is CC[C@H]1OC(=O)[C@H](C)[C@@H](O[C@H]2C[C@@](C)(OC)[C@@H](O)[C@H](C)O2)[C@H](C)[C@@H](O[C@@H]2O[C@H](C)C[C@H](N(C)CCc3cn(CCCOc4ccc([N+](=O)[O-])cc4)nn3)[C@H]2O)[C@](C)(O)C[C@@H](C)CN(C)[C@H](C)[C@@H](O)[C@]1(C)O. The number of nitro benzene ring substituents is 1. The molecule has 0 amide bonds. The summed E-state index contributed by atoms with van der Waals surface area (Å²) in [6, 6.07) is 4.91. The Hall–Kier alpha value is -3.45. The van der Waals surface area contributed by atoms with Crippen LogP contribution < -0.4 is 4.74 Å². The van der Waals surface area contributed by atoms with Crippen molar-refractivity contribution in [1.82, 2.24) is 24.8 Å². The fraction of sp³-hybridized carbons (Fsp3) is 0.820. The Balaban J connectivity index is 1.38. The minimum atomic E-state index is -1.84. The number of likely N-dealkylation sites (N-methyl/N-ethyl adjacent to an activating group) is 2. The van der Waals surface area contributed by atoms with Gasteiger partial charge in [0.05, 0.1) is 58.8 Å². The van der Waals surface area contributed by atoms with E-state index >= 15 is 0 Å². The molecule has 3 fully saturated rings. The minimum Gasteiger partial charge on any atom is -0.494 e. The van der Waals surface area contributed by atoms with Gasteiger partial charge in [0.15, 0.2) is 12.6 Å². The van der Waals surface area contributed by atoms with E-state index in [9.17, 15) is 40.4 Å². The van der Waals surface area contributed by atoms with E-state index in [1.165, 1.54) is 26.2 Å². The average molecular weight is 1010 g/mol. The summed E-state index contributed by atoms with van der Waals surface area (Å²) in [5.41, 5.74) is -3.81. The van der Waals surface area contributed by atoms with Crippen molar-refractivity contribution in [2.75, 3.05) is 40.9 Å². The lowest BCUT2D eigenvalue weighted by molar-refractivity contribution is -0.384. The van der Waals surface area contributed by atoms with E-state index in [4.69, 9.17) is 33.2 Å². The maximum Gasteiger partial charge on any atom is 0.311 e. The van der Waals surface area contributed by atoms with Crippen molar-refractivity contribution in [3.05, 3.63) is 46.3 Å². The van der Waals surface area contributed by atoms with Crippen LogP contribution in [0.3, 0.4) is 0 Å². The van der Waals surface area contributed by atoms with Gasteiger partial charge >= 0.3 is 5.97 Å². The largest absolute Gasteiger partial charge is 0.494 e. The Morgan fingerprint density at radius 3 is 2.30 bits per heavy atom. The van der Waals surface area contributed by atoms with Crippen LogP contribution in [0.1, 0.15) is 107 Å². The second kappa shape index (κ2) is 24.7. The first-order valence-electron chi connectivity index (χ1n) is 25.3. The number of benzene rings is 1. The molecule has 21 nitrogen and oxygen atoms in total. The first kappa shape index (κ1) is 58.4. The first-order chi connectivity index (χ1) is 33.2. The van der Waals surface area contributed by atoms with Crippen LogP contribution in [-0.4, -0.2) is 192 Å². The van der Waals surface area contributed by atoms with Crippen molar-refractivity contribution in [2.24, 2.45) is 17.8 Å². The number of carbonyl (C=O) groups is 1. The number of esters is 1. The summed E-state index contributed by atoms with van der Waals surface area (Å²) in [5, 5.41) is 79.2. The molecule has 2 aromatic rings. The Bertz CT molecular complexity index is 1990. The number of nitrogens with zero attached hydrogens (tertiary/aromatic N) is 6. The quantitative estimate of drug-likeness (QED) is 0.0698. The van der Waals surface area contributed by atoms with Crippen molar-refractivity contribution >= 4 is 11.7 Å². The highest BCUT2D eigenvalue weighted by atomic mass is 16.7. The van der Waals surface area contributed by atoms with Gasteiger partial charge < -0.3 is 68.5 Å². The monoisotopic (exact) mass is 1010 g/mol. The third kappa shape index (κ3) is 14.4. The molecule has 71 heavy (non-hydrogen) atoms. The van der Waals surface area contributed by atoms with E-state index in [0.29, 0.717) is 51.3 Å². The molecule has 0 saturated carbocycles. The molecular formula is C50H84N6O15. The van der Waals surface area contributed by atoms with Crippen molar-refractivity contribution in [2.45, 2.75) is 205 Å². The highest BCUT2D eigenvalue weighted by Gasteiger charge is 2.53. The fourth-order valence-corrected chi connectivity index (χ4v) is 10.8. The number of hydrogen-bond acceptors (Lipinski definition) is 19. The van der Waals surface area contributed by atoms with Gasteiger partial charge in [0.2, 0.25) is 0 Å². The van der Waals surface area contributed by atoms with Gasteiger partial charge in [-0.15, -0.1) is 5.10 Å². The van der Waals surface area contributed by atoms with Gasteiger partial charge in [-0.1, -0.05) is 26.0 Å². The topological polar surface area (TPSA) is 263 Å². The van der Waals surface area contributed by atoms with Crippen LogP contribution in [-0.2, 0) is 46.2 Å². The van der Waals surface area contributed by atoms with E-state index in [1.807, 2.05) is 43.9 Å². The summed E-state index contributed by atoms with van der Waals surface area (Å²) >= 11 is 0. The number of rotatable bonds is 16. The number of aliphatic hydroxyl groups excluding tert-OH is 3. The highest BCUT2D eigenvalue weighted by molar-refractivity contribution is 5.73.